The van der Waals surface area contributed by atoms with Crippen molar-refractivity contribution in [2.45, 2.75) is 32.9 Å². The summed E-state index contributed by atoms with van der Waals surface area (Å²) in [7, 11) is 1.99. The molecular formula is C18H26N4. The van der Waals surface area contributed by atoms with Crippen LogP contribution in [0.3, 0.4) is 0 Å². The lowest BCUT2D eigenvalue weighted by molar-refractivity contribution is 0.0900. The van der Waals surface area contributed by atoms with Gasteiger partial charge in [0.15, 0.2) is 0 Å². The minimum Gasteiger partial charge on any atom is -0.327 e. The molecule has 22 heavy (non-hydrogen) atoms. The Kier molecular flexibility index (Phi) is 4.06. The molecule has 0 saturated carbocycles. The van der Waals surface area contributed by atoms with Crippen LogP contribution in [0.4, 0.5) is 0 Å². The van der Waals surface area contributed by atoms with E-state index in [0.29, 0.717) is 6.04 Å². The van der Waals surface area contributed by atoms with Gasteiger partial charge in [-0.1, -0.05) is 44.2 Å². The van der Waals surface area contributed by atoms with Crippen LogP contribution >= 0.6 is 0 Å². The van der Waals surface area contributed by atoms with E-state index >= 15 is 0 Å². The van der Waals surface area contributed by atoms with Crippen molar-refractivity contribution in [3.8, 4) is 11.3 Å². The second kappa shape index (κ2) is 5.86. The van der Waals surface area contributed by atoms with Crippen LogP contribution < -0.4 is 5.73 Å². The molecule has 118 valence electrons. The van der Waals surface area contributed by atoms with Crippen molar-refractivity contribution in [2.24, 2.45) is 18.2 Å². The summed E-state index contributed by atoms with van der Waals surface area (Å²) in [5, 5.41) is 4.66. The Bertz CT molecular complexity index is 630. The minimum atomic E-state index is 0.174. The summed E-state index contributed by atoms with van der Waals surface area (Å²) in [4.78, 5) is 2.51. The summed E-state index contributed by atoms with van der Waals surface area (Å²) in [6.45, 7) is 7.58. The lowest BCUT2D eigenvalue weighted by Crippen LogP contribution is -2.52. The van der Waals surface area contributed by atoms with Gasteiger partial charge < -0.3 is 5.73 Å². The lowest BCUT2D eigenvalue weighted by Gasteiger charge is -2.42. The van der Waals surface area contributed by atoms with Gasteiger partial charge in [-0.15, -0.1) is 0 Å². The van der Waals surface area contributed by atoms with Crippen molar-refractivity contribution in [2.75, 3.05) is 13.1 Å². The fourth-order valence-corrected chi connectivity index (χ4v) is 3.35. The highest BCUT2D eigenvalue weighted by Crippen LogP contribution is 2.30. The van der Waals surface area contributed by atoms with E-state index in [2.05, 4.69) is 54.3 Å². The van der Waals surface area contributed by atoms with Gasteiger partial charge in [-0.25, -0.2) is 0 Å². The number of benzene rings is 1. The number of aromatic nitrogens is 2. The van der Waals surface area contributed by atoms with Crippen LogP contribution in [0.15, 0.2) is 36.5 Å². The summed E-state index contributed by atoms with van der Waals surface area (Å²) in [5.74, 6) is 0. The van der Waals surface area contributed by atoms with Gasteiger partial charge in [-0.05, 0) is 11.8 Å². The third kappa shape index (κ3) is 3.08. The number of likely N-dealkylation sites (tertiary alicyclic amines) is 1. The van der Waals surface area contributed by atoms with E-state index in [0.717, 1.165) is 31.7 Å². The molecule has 0 bridgehead atoms. The first-order chi connectivity index (χ1) is 10.5. The fraction of sp³-hybridized carbons (Fsp3) is 0.500. The summed E-state index contributed by atoms with van der Waals surface area (Å²) in [6, 6.07) is 10.7. The molecule has 1 saturated heterocycles. The number of nitrogens with two attached hydrogens (primary N) is 1. The predicted molar refractivity (Wildman–Crippen MR) is 90.3 cm³/mol. The normalized spacial score (nSPS) is 21.9. The molecule has 0 radical (unpaired) electrons. The molecule has 1 aromatic heterocycles. The molecule has 0 aliphatic carbocycles. The van der Waals surface area contributed by atoms with Crippen molar-refractivity contribution >= 4 is 0 Å². The Morgan fingerprint density at radius 3 is 2.68 bits per heavy atom. The summed E-state index contributed by atoms with van der Waals surface area (Å²) in [6.07, 6.45) is 3.21. The zero-order valence-corrected chi connectivity index (χ0v) is 13.8. The van der Waals surface area contributed by atoms with Gasteiger partial charge in [0, 0.05) is 50.0 Å². The van der Waals surface area contributed by atoms with Gasteiger partial charge in [0.2, 0.25) is 0 Å². The second-order valence-electron chi connectivity index (χ2n) is 7.14. The van der Waals surface area contributed by atoms with Crippen molar-refractivity contribution in [3.63, 3.8) is 0 Å². The standard InChI is InChI=1S/C18H26N4/c1-18(2)13-22(10-9-16(18)19)12-15-11-21(3)20-17(15)14-7-5-4-6-8-14/h4-8,11,16H,9-10,12-13,19H2,1-3H3. The molecule has 0 spiro atoms. The molecule has 4 nitrogen and oxygen atoms in total. The monoisotopic (exact) mass is 298 g/mol. The van der Waals surface area contributed by atoms with E-state index in [4.69, 9.17) is 5.73 Å². The van der Waals surface area contributed by atoms with Crippen LogP contribution in [0.2, 0.25) is 0 Å². The van der Waals surface area contributed by atoms with E-state index in [1.165, 1.54) is 11.1 Å². The van der Waals surface area contributed by atoms with E-state index < -0.39 is 0 Å². The molecule has 1 unspecified atom stereocenters. The first-order valence-electron chi connectivity index (χ1n) is 8.01. The quantitative estimate of drug-likeness (QED) is 0.947. The Balaban J connectivity index is 1.82. The van der Waals surface area contributed by atoms with Crippen molar-refractivity contribution in [1.29, 1.82) is 0 Å². The summed E-state index contributed by atoms with van der Waals surface area (Å²) >= 11 is 0. The van der Waals surface area contributed by atoms with Crippen LogP contribution in [0.1, 0.15) is 25.8 Å². The molecule has 2 N–H and O–H groups in total. The molecule has 4 heteroatoms. The minimum absolute atomic E-state index is 0.174. The SMILES string of the molecule is Cn1cc(CN2CCC(N)C(C)(C)C2)c(-c2ccccc2)n1. The highest BCUT2D eigenvalue weighted by atomic mass is 15.3. The zero-order chi connectivity index (χ0) is 15.7. The van der Waals surface area contributed by atoms with E-state index in [9.17, 15) is 0 Å². The maximum atomic E-state index is 6.25. The van der Waals surface area contributed by atoms with E-state index in [-0.39, 0.29) is 5.41 Å². The number of aryl methyl sites for hydroxylation is 1. The number of hydrogen-bond acceptors (Lipinski definition) is 3. The largest absolute Gasteiger partial charge is 0.327 e. The van der Waals surface area contributed by atoms with Crippen molar-refractivity contribution in [3.05, 3.63) is 42.1 Å². The predicted octanol–water partition coefficient (Wildman–Crippen LogP) is 2.65. The van der Waals surface area contributed by atoms with Crippen molar-refractivity contribution in [1.82, 2.24) is 14.7 Å². The molecule has 1 aromatic carbocycles. The third-order valence-electron chi connectivity index (χ3n) is 4.74. The smallest absolute Gasteiger partial charge is 0.0968 e. The Morgan fingerprint density at radius 2 is 2.00 bits per heavy atom. The van der Waals surface area contributed by atoms with Crippen LogP contribution in [0.5, 0.6) is 0 Å². The maximum absolute atomic E-state index is 6.25. The lowest BCUT2D eigenvalue weighted by atomic mass is 9.79. The molecule has 1 atom stereocenters. The highest BCUT2D eigenvalue weighted by molar-refractivity contribution is 5.62. The Labute approximate surface area is 132 Å². The topological polar surface area (TPSA) is 47.1 Å². The molecule has 0 amide bonds. The Morgan fingerprint density at radius 1 is 1.27 bits per heavy atom. The maximum Gasteiger partial charge on any atom is 0.0968 e. The molecule has 1 fully saturated rings. The van der Waals surface area contributed by atoms with Gasteiger partial charge >= 0.3 is 0 Å². The average Bonchev–Trinajstić information content (AvgIpc) is 2.84. The number of rotatable bonds is 3. The van der Waals surface area contributed by atoms with E-state index in [1.807, 2.05) is 17.8 Å². The van der Waals surface area contributed by atoms with Crippen molar-refractivity contribution < 1.29 is 0 Å². The third-order valence-corrected chi connectivity index (χ3v) is 4.74. The summed E-state index contributed by atoms with van der Waals surface area (Å²) in [5.41, 5.74) is 10.00. The number of piperidine rings is 1. The highest BCUT2D eigenvalue weighted by Gasteiger charge is 2.33. The molecular weight excluding hydrogens is 272 g/mol. The first kappa shape index (κ1) is 15.3. The fourth-order valence-electron chi connectivity index (χ4n) is 3.35. The second-order valence-corrected chi connectivity index (χ2v) is 7.14. The average molecular weight is 298 g/mol. The van der Waals surface area contributed by atoms with Gasteiger partial charge in [0.25, 0.3) is 0 Å². The van der Waals surface area contributed by atoms with Crippen LogP contribution in [-0.4, -0.2) is 33.8 Å². The first-order valence-corrected chi connectivity index (χ1v) is 8.01. The van der Waals surface area contributed by atoms with Crippen LogP contribution in [0, 0.1) is 5.41 Å². The number of hydrogen-bond donors (Lipinski definition) is 1. The Hall–Kier alpha value is -1.65. The van der Waals surface area contributed by atoms with Gasteiger partial charge in [0.05, 0.1) is 5.69 Å². The van der Waals surface area contributed by atoms with Crippen LogP contribution in [-0.2, 0) is 13.6 Å². The molecule has 2 heterocycles. The molecule has 3 rings (SSSR count). The molecule has 2 aromatic rings. The van der Waals surface area contributed by atoms with Crippen LogP contribution in [0.25, 0.3) is 11.3 Å². The summed E-state index contributed by atoms with van der Waals surface area (Å²) < 4.78 is 1.92. The zero-order valence-electron chi connectivity index (χ0n) is 13.8. The molecule has 1 aliphatic rings. The van der Waals surface area contributed by atoms with Gasteiger partial charge in [-0.3, -0.25) is 9.58 Å². The molecule has 1 aliphatic heterocycles. The number of nitrogens with zero attached hydrogens (tertiary/aromatic N) is 3. The van der Waals surface area contributed by atoms with Gasteiger partial charge in [-0.2, -0.15) is 5.10 Å². The van der Waals surface area contributed by atoms with Gasteiger partial charge in [0.1, 0.15) is 0 Å². The van der Waals surface area contributed by atoms with E-state index in [1.54, 1.807) is 0 Å².